The van der Waals surface area contributed by atoms with E-state index in [0.29, 0.717) is 18.3 Å². The topological polar surface area (TPSA) is 194 Å². The summed E-state index contributed by atoms with van der Waals surface area (Å²) in [5.41, 5.74) is -1.81. The van der Waals surface area contributed by atoms with Crippen LogP contribution in [0, 0.1) is 11.8 Å². The van der Waals surface area contributed by atoms with Gasteiger partial charge in [-0.15, -0.1) is 0 Å². The van der Waals surface area contributed by atoms with E-state index in [-0.39, 0.29) is 43.2 Å². The predicted octanol–water partition coefficient (Wildman–Crippen LogP) is 0.00420. The van der Waals surface area contributed by atoms with E-state index < -0.39 is 46.2 Å². The molecule has 0 aromatic carbocycles. The molecule has 0 spiro atoms. The summed E-state index contributed by atoms with van der Waals surface area (Å²) in [6, 6.07) is 1.62. The highest BCUT2D eigenvalue weighted by molar-refractivity contribution is 6.36. The zero-order valence-electron chi connectivity index (χ0n) is 24.9. The largest absolute Gasteiger partial charge is 0.390 e. The fraction of sp³-hybridized carbons (Fsp3) is 0.567. The standard InChI is InChI=1S/C30H39N7O7/c1-3-32-27(42)23(38)7-6-20(33-26(41)22-14-31-17-36(22)2)25(40)34-21-5-4-8-37(28(21)43)15-24(39)35-29-10-18-9-19(11-29)13-30(44,12-18)16-29/h4-5,8,14,17-20,44H,3,6-7,9-13,15-16H2,1-2H3,(H,32,42)(H,33,41)(H,34,40)(H,35,39)/t18?,19?,20-,29?,30?/m0/s1. The van der Waals surface area contributed by atoms with Gasteiger partial charge in [0.1, 0.15) is 24.0 Å². The SMILES string of the molecule is CCNC(=O)C(=O)CC[C@H](NC(=O)c1cncn1C)C(=O)Nc1cccn(CC(=O)NC23CC4CC(CC(O)(C4)C2)C3)c1=O. The number of aryl methyl sites for hydroxylation is 1. The molecule has 2 unspecified atom stereocenters. The molecule has 6 rings (SSSR count). The number of aromatic nitrogens is 3. The van der Waals surface area contributed by atoms with Gasteiger partial charge in [-0.3, -0.25) is 28.8 Å². The molecule has 14 heteroatoms. The number of carbonyl (C=O) groups excluding carboxylic acids is 5. The zero-order chi connectivity index (χ0) is 31.6. The molecule has 0 saturated heterocycles. The van der Waals surface area contributed by atoms with Crippen molar-refractivity contribution < 1.29 is 29.1 Å². The Bertz CT molecular complexity index is 1520. The number of anilines is 1. The third kappa shape index (κ3) is 6.74. The van der Waals surface area contributed by atoms with Crippen molar-refractivity contribution in [2.45, 2.75) is 82.0 Å². The van der Waals surface area contributed by atoms with Gasteiger partial charge in [-0.2, -0.15) is 0 Å². The maximum atomic E-state index is 13.3. The number of likely N-dealkylation sites (N-methyl/N-ethyl adjacent to an activating group) is 1. The Morgan fingerprint density at radius 3 is 2.50 bits per heavy atom. The molecule has 5 N–H and O–H groups in total. The molecule has 2 heterocycles. The number of pyridine rings is 1. The van der Waals surface area contributed by atoms with Crippen LogP contribution in [0.4, 0.5) is 5.69 Å². The first-order valence-electron chi connectivity index (χ1n) is 15.0. The summed E-state index contributed by atoms with van der Waals surface area (Å²) in [6.45, 7) is 1.65. The molecule has 4 saturated carbocycles. The summed E-state index contributed by atoms with van der Waals surface area (Å²) in [4.78, 5) is 80.7. The van der Waals surface area contributed by atoms with Gasteiger partial charge in [-0.05, 0) is 75.8 Å². The highest BCUT2D eigenvalue weighted by atomic mass is 16.3. The first kappa shape index (κ1) is 31.1. The van der Waals surface area contributed by atoms with Crippen molar-refractivity contribution in [3.05, 3.63) is 46.9 Å². The quantitative estimate of drug-likeness (QED) is 0.208. The Balaban J connectivity index is 1.26. The Morgan fingerprint density at radius 2 is 1.86 bits per heavy atom. The molecule has 3 atom stereocenters. The van der Waals surface area contributed by atoms with E-state index >= 15 is 0 Å². The Hall–Kier alpha value is -4.33. The number of aliphatic hydroxyl groups is 1. The average molecular weight is 610 g/mol. The predicted molar refractivity (Wildman–Crippen MR) is 157 cm³/mol. The first-order chi connectivity index (χ1) is 20.9. The van der Waals surface area contributed by atoms with Crippen LogP contribution in [0.2, 0.25) is 0 Å². The number of imidazole rings is 1. The summed E-state index contributed by atoms with van der Waals surface area (Å²) in [5, 5.41) is 21.6. The van der Waals surface area contributed by atoms with Crippen molar-refractivity contribution in [1.29, 1.82) is 0 Å². The number of hydrogen-bond acceptors (Lipinski definition) is 8. The highest BCUT2D eigenvalue weighted by Gasteiger charge is 2.57. The Labute approximate surface area is 254 Å². The molecular formula is C30H39N7O7. The third-order valence-electron chi connectivity index (χ3n) is 8.95. The second-order valence-corrected chi connectivity index (χ2v) is 12.6. The summed E-state index contributed by atoms with van der Waals surface area (Å²) in [5.74, 6) is -2.55. The van der Waals surface area contributed by atoms with Gasteiger partial charge in [-0.25, -0.2) is 4.98 Å². The van der Waals surface area contributed by atoms with Gasteiger partial charge in [-0.1, -0.05) is 0 Å². The number of hydrogen-bond donors (Lipinski definition) is 5. The van der Waals surface area contributed by atoms with Gasteiger partial charge in [0.15, 0.2) is 0 Å². The van der Waals surface area contributed by atoms with Crippen LogP contribution in [0.25, 0.3) is 0 Å². The molecule has 0 aliphatic heterocycles. The van der Waals surface area contributed by atoms with Gasteiger partial charge in [0, 0.05) is 31.7 Å². The van der Waals surface area contributed by atoms with E-state index in [2.05, 4.69) is 26.3 Å². The normalized spacial score (nSPS) is 25.6. The molecule has 2 aromatic heterocycles. The van der Waals surface area contributed by atoms with E-state index in [1.54, 1.807) is 14.0 Å². The molecular weight excluding hydrogens is 570 g/mol. The third-order valence-corrected chi connectivity index (χ3v) is 8.95. The summed E-state index contributed by atoms with van der Waals surface area (Å²) in [7, 11) is 1.60. The van der Waals surface area contributed by atoms with Crippen LogP contribution in [0.3, 0.4) is 0 Å². The molecule has 2 aromatic rings. The van der Waals surface area contributed by atoms with Gasteiger partial charge in [0.2, 0.25) is 17.6 Å². The van der Waals surface area contributed by atoms with Gasteiger partial charge >= 0.3 is 0 Å². The van der Waals surface area contributed by atoms with E-state index in [1.165, 1.54) is 40.0 Å². The van der Waals surface area contributed by atoms with Crippen LogP contribution in [-0.2, 0) is 32.8 Å². The molecule has 14 nitrogen and oxygen atoms in total. The number of ketones is 1. The maximum absolute atomic E-state index is 13.3. The lowest BCUT2D eigenvalue weighted by Crippen LogP contribution is -2.65. The second kappa shape index (κ2) is 12.3. The fourth-order valence-corrected chi connectivity index (χ4v) is 7.55. The minimum atomic E-state index is -1.27. The maximum Gasteiger partial charge on any atom is 0.287 e. The minimum Gasteiger partial charge on any atom is -0.390 e. The lowest BCUT2D eigenvalue weighted by molar-refractivity contribution is -0.151. The molecule has 4 fully saturated rings. The van der Waals surface area contributed by atoms with E-state index in [4.69, 9.17) is 0 Å². The monoisotopic (exact) mass is 609 g/mol. The van der Waals surface area contributed by atoms with Crippen molar-refractivity contribution in [3.8, 4) is 0 Å². The molecule has 44 heavy (non-hydrogen) atoms. The van der Waals surface area contributed by atoms with Gasteiger partial charge in [0.25, 0.3) is 17.4 Å². The van der Waals surface area contributed by atoms with E-state index in [9.17, 15) is 33.9 Å². The smallest absolute Gasteiger partial charge is 0.287 e. The van der Waals surface area contributed by atoms with Crippen LogP contribution in [-0.4, -0.2) is 72.4 Å². The molecule has 0 radical (unpaired) electrons. The van der Waals surface area contributed by atoms with Crippen LogP contribution >= 0.6 is 0 Å². The summed E-state index contributed by atoms with van der Waals surface area (Å²) >= 11 is 0. The number of carbonyl (C=O) groups is 5. The van der Waals surface area contributed by atoms with Gasteiger partial charge < -0.3 is 35.5 Å². The van der Waals surface area contributed by atoms with Crippen molar-refractivity contribution in [3.63, 3.8) is 0 Å². The highest BCUT2D eigenvalue weighted by Crippen LogP contribution is 2.57. The number of Topliss-reactive ketones (excluding diaryl/α,β-unsaturated/α-hetero) is 1. The fourth-order valence-electron chi connectivity index (χ4n) is 7.55. The number of rotatable bonds is 12. The molecule has 236 valence electrons. The van der Waals surface area contributed by atoms with Crippen molar-refractivity contribution in [2.24, 2.45) is 18.9 Å². The van der Waals surface area contributed by atoms with Gasteiger partial charge in [0.05, 0.1) is 18.1 Å². The van der Waals surface area contributed by atoms with Crippen molar-refractivity contribution >= 4 is 35.1 Å². The van der Waals surface area contributed by atoms with Crippen LogP contribution in [0.1, 0.15) is 68.8 Å². The molecule has 4 aliphatic rings. The average Bonchev–Trinajstić information content (AvgIpc) is 3.37. The summed E-state index contributed by atoms with van der Waals surface area (Å²) < 4.78 is 2.64. The number of amides is 4. The first-order valence-corrected chi connectivity index (χ1v) is 15.0. The number of nitrogens with one attached hydrogen (secondary N) is 4. The van der Waals surface area contributed by atoms with Crippen LogP contribution in [0.5, 0.6) is 0 Å². The van der Waals surface area contributed by atoms with Crippen molar-refractivity contribution in [2.75, 3.05) is 11.9 Å². The molecule has 4 bridgehead atoms. The zero-order valence-corrected chi connectivity index (χ0v) is 24.9. The lowest BCUT2D eigenvalue weighted by atomic mass is 9.51. The molecule has 4 amide bonds. The van der Waals surface area contributed by atoms with Crippen LogP contribution < -0.4 is 26.8 Å². The Morgan fingerprint density at radius 1 is 1.14 bits per heavy atom. The second-order valence-electron chi connectivity index (χ2n) is 12.6. The van der Waals surface area contributed by atoms with E-state index in [1.807, 2.05) is 0 Å². The minimum absolute atomic E-state index is 0.121. The van der Waals surface area contributed by atoms with E-state index in [0.717, 1.165) is 32.1 Å². The number of nitrogens with zero attached hydrogens (tertiary/aromatic N) is 3. The van der Waals surface area contributed by atoms with Crippen LogP contribution in [0.15, 0.2) is 35.6 Å². The lowest BCUT2D eigenvalue weighted by Gasteiger charge is -2.60. The molecule has 4 aliphatic carbocycles. The van der Waals surface area contributed by atoms with Crippen molar-refractivity contribution in [1.82, 2.24) is 30.1 Å². The Kier molecular flexibility index (Phi) is 8.73. The summed E-state index contributed by atoms with van der Waals surface area (Å²) in [6.07, 6.45) is 8.40.